The van der Waals surface area contributed by atoms with Crippen molar-refractivity contribution in [2.45, 2.75) is 24.1 Å². The molecule has 0 spiro atoms. The van der Waals surface area contributed by atoms with Crippen molar-refractivity contribution in [3.63, 3.8) is 0 Å². The molecule has 0 aliphatic heterocycles. The number of hydrogen-bond donors (Lipinski definition) is 7. The minimum atomic E-state index is -2.18. The van der Waals surface area contributed by atoms with Crippen LogP contribution in [-0.2, 0) is 0 Å². The van der Waals surface area contributed by atoms with Crippen molar-refractivity contribution >= 4 is 5.91 Å². The van der Waals surface area contributed by atoms with Gasteiger partial charge in [-0.1, -0.05) is 24.3 Å². The predicted octanol–water partition coefficient (Wildman–Crippen LogP) is -1.19. The van der Waals surface area contributed by atoms with Crippen LogP contribution in [0.15, 0.2) is 48.5 Å². The number of carbonyl (C=O) groups is 1. The van der Waals surface area contributed by atoms with E-state index in [4.69, 9.17) is 10.5 Å². The maximum absolute atomic E-state index is 12.1. The van der Waals surface area contributed by atoms with Gasteiger partial charge in [0.1, 0.15) is 11.9 Å². The summed E-state index contributed by atoms with van der Waals surface area (Å²) in [7, 11) is 0. The summed E-state index contributed by atoms with van der Waals surface area (Å²) in [6.07, 6.45) is -4.85. The van der Waals surface area contributed by atoms with E-state index in [-0.39, 0.29) is 11.7 Å². The molecule has 9 heteroatoms. The number of aliphatic hydroxyl groups excluding tert-OH is 4. The van der Waals surface area contributed by atoms with E-state index in [1.165, 1.54) is 0 Å². The molecule has 9 nitrogen and oxygen atoms in total. The molecule has 8 N–H and O–H groups in total. The molecule has 5 unspecified atom stereocenters. The highest BCUT2D eigenvalue weighted by atomic mass is 16.6. The summed E-state index contributed by atoms with van der Waals surface area (Å²) in [5, 5.41) is 52.1. The minimum absolute atomic E-state index is 0.210. The van der Waals surface area contributed by atoms with Crippen molar-refractivity contribution in [2.75, 3.05) is 19.7 Å². The molecule has 0 aromatic heterocycles. The van der Waals surface area contributed by atoms with E-state index < -0.39 is 36.6 Å². The fourth-order valence-electron chi connectivity index (χ4n) is 3.53. The van der Waals surface area contributed by atoms with Gasteiger partial charge in [0, 0.05) is 24.6 Å². The van der Waals surface area contributed by atoms with Crippen molar-refractivity contribution in [3.8, 4) is 16.9 Å². The molecular weight excluding hydrogens is 392 g/mol. The van der Waals surface area contributed by atoms with E-state index in [0.29, 0.717) is 18.7 Å². The van der Waals surface area contributed by atoms with Crippen LogP contribution in [-0.4, -0.2) is 75.2 Å². The summed E-state index contributed by atoms with van der Waals surface area (Å²) < 4.78 is 5.32. The highest BCUT2D eigenvalue weighted by molar-refractivity contribution is 5.95. The monoisotopic (exact) mass is 418 g/mol. The second kappa shape index (κ2) is 9.09. The maximum Gasteiger partial charge on any atom is 0.251 e. The molecule has 1 saturated carbocycles. The molecule has 1 amide bonds. The molecule has 162 valence electrons. The molecule has 0 heterocycles. The van der Waals surface area contributed by atoms with Crippen LogP contribution in [0.25, 0.3) is 11.1 Å². The number of rotatable bonds is 8. The van der Waals surface area contributed by atoms with Gasteiger partial charge >= 0.3 is 0 Å². The molecule has 1 aliphatic carbocycles. The molecule has 0 saturated heterocycles. The third kappa shape index (κ3) is 4.04. The van der Waals surface area contributed by atoms with Gasteiger partial charge in [-0.05, 0) is 35.4 Å². The number of nitrogens with one attached hydrogen (secondary N) is 1. The van der Waals surface area contributed by atoms with Gasteiger partial charge < -0.3 is 41.3 Å². The van der Waals surface area contributed by atoms with Crippen LogP contribution in [0.1, 0.15) is 10.4 Å². The van der Waals surface area contributed by atoms with Crippen LogP contribution >= 0.6 is 0 Å². The lowest BCUT2D eigenvalue weighted by molar-refractivity contribution is -0.332. The quantitative estimate of drug-likeness (QED) is 0.263. The number of benzene rings is 2. The zero-order chi connectivity index (χ0) is 21.9. The van der Waals surface area contributed by atoms with Gasteiger partial charge in [0.15, 0.2) is 5.60 Å². The van der Waals surface area contributed by atoms with Gasteiger partial charge in [0.05, 0.1) is 12.7 Å². The Kier molecular flexibility index (Phi) is 6.71. The topological polar surface area (TPSA) is 166 Å². The normalized spacial score (nSPS) is 26.5. The predicted molar refractivity (Wildman–Crippen MR) is 107 cm³/mol. The number of nitrogens with two attached hydrogens (primary N) is 1. The summed E-state index contributed by atoms with van der Waals surface area (Å²) in [6, 6.07) is 13.5. The fourth-order valence-corrected chi connectivity index (χ4v) is 3.53. The van der Waals surface area contributed by atoms with Crippen LogP contribution in [0.2, 0.25) is 0 Å². The van der Waals surface area contributed by atoms with Crippen LogP contribution in [0.4, 0.5) is 0 Å². The molecule has 0 radical (unpaired) electrons. The van der Waals surface area contributed by atoms with Gasteiger partial charge in [-0.3, -0.25) is 4.79 Å². The Bertz CT molecular complexity index is 876. The van der Waals surface area contributed by atoms with Crippen molar-refractivity contribution < 1.29 is 35.1 Å². The number of carbonyl (C=O) groups excluding carboxylic acids is 1. The summed E-state index contributed by atoms with van der Waals surface area (Å²) in [5.74, 6) is -1.14. The van der Waals surface area contributed by atoms with Crippen LogP contribution in [0, 0.1) is 5.92 Å². The molecule has 30 heavy (non-hydrogen) atoms. The lowest BCUT2D eigenvalue weighted by Gasteiger charge is -2.53. The minimum Gasteiger partial charge on any atom is -0.462 e. The molecule has 5 atom stereocenters. The van der Waals surface area contributed by atoms with Gasteiger partial charge in [0.2, 0.25) is 6.29 Å². The third-order valence-corrected chi connectivity index (χ3v) is 5.39. The SMILES string of the molecule is NCCNC(=O)c1cccc(-c2ccc(OC(O)C3(O)C(O)C(O)C3CO)cc2)c1. The van der Waals surface area contributed by atoms with E-state index in [1.807, 2.05) is 6.07 Å². The van der Waals surface area contributed by atoms with Crippen LogP contribution < -0.4 is 15.8 Å². The van der Waals surface area contributed by atoms with E-state index in [0.717, 1.165) is 11.1 Å². The number of amides is 1. The first kappa shape index (κ1) is 22.2. The Hall–Kier alpha value is -2.53. The van der Waals surface area contributed by atoms with Gasteiger partial charge in [-0.25, -0.2) is 0 Å². The summed E-state index contributed by atoms with van der Waals surface area (Å²) >= 11 is 0. The number of ether oxygens (including phenoxy) is 1. The third-order valence-electron chi connectivity index (χ3n) is 5.39. The van der Waals surface area contributed by atoms with Gasteiger partial charge in [-0.2, -0.15) is 0 Å². The Morgan fingerprint density at radius 3 is 2.50 bits per heavy atom. The molecule has 1 fully saturated rings. The van der Waals surface area contributed by atoms with E-state index in [1.54, 1.807) is 42.5 Å². The molecular formula is C21H26N2O7. The van der Waals surface area contributed by atoms with E-state index >= 15 is 0 Å². The number of aliphatic hydroxyl groups is 5. The second-order valence-corrected chi connectivity index (χ2v) is 7.23. The average molecular weight is 418 g/mol. The zero-order valence-corrected chi connectivity index (χ0v) is 16.2. The lowest BCUT2D eigenvalue weighted by atomic mass is 9.64. The van der Waals surface area contributed by atoms with Crippen molar-refractivity contribution in [2.24, 2.45) is 11.7 Å². The fraction of sp³-hybridized carbons (Fsp3) is 0.381. The van der Waals surface area contributed by atoms with E-state index in [9.17, 15) is 30.3 Å². The Balaban J connectivity index is 1.71. The first-order valence-corrected chi connectivity index (χ1v) is 9.55. The first-order valence-electron chi connectivity index (χ1n) is 9.55. The van der Waals surface area contributed by atoms with Crippen molar-refractivity contribution in [1.29, 1.82) is 0 Å². The standard InChI is InChI=1S/C21H26N2O7/c22-8-9-23-19(27)14-3-1-2-13(10-14)12-4-6-15(7-5-12)30-20(28)21(29)16(11-24)17(25)18(21)26/h1-7,10,16-18,20,24-26,28-29H,8-9,11,22H2,(H,23,27). The lowest BCUT2D eigenvalue weighted by Crippen LogP contribution is -2.76. The molecule has 2 aromatic carbocycles. The average Bonchev–Trinajstić information content (AvgIpc) is 2.77. The molecule has 0 bridgehead atoms. The van der Waals surface area contributed by atoms with Crippen LogP contribution in [0.3, 0.4) is 0 Å². The Morgan fingerprint density at radius 1 is 1.17 bits per heavy atom. The second-order valence-electron chi connectivity index (χ2n) is 7.23. The van der Waals surface area contributed by atoms with Crippen LogP contribution in [0.5, 0.6) is 5.75 Å². The highest BCUT2D eigenvalue weighted by Crippen LogP contribution is 2.42. The van der Waals surface area contributed by atoms with Crippen molar-refractivity contribution in [1.82, 2.24) is 5.32 Å². The molecule has 2 aromatic rings. The van der Waals surface area contributed by atoms with Gasteiger partial charge in [-0.15, -0.1) is 0 Å². The zero-order valence-electron chi connectivity index (χ0n) is 16.2. The first-order chi connectivity index (χ1) is 14.3. The maximum atomic E-state index is 12.1. The van der Waals surface area contributed by atoms with E-state index in [2.05, 4.69) is 5.32 Å². The number of hydrogen-bond acceptors (Lipinski definition) is 8. The molecule has 1 aliphatic rings. The summed E-state index contributed by atoms with van der Waals surface area (Å²) in [5.41, 5.74) is 5.28. The Morgan fingerprint density at radius 2 is 1.87 bits per heavy atom. The highest BCUT2D eigenvalue weighted by Gasteiger charge is 2.65. The largest absolute Gasteiger partial charge is 0.462 e. The summed E-state index contributed by atoms with van der Waals surface area (Å²) in [6.45, 7) is 0.110. The van der Waals surface area contributed by atoms with Crippen molar-refractivity contribution in [3.05, 3.63) is 54.1 Å². The smallest absolute Gasteiger partial charge is 0.251 e. The molecule has 3 rings (SSSR count). The Labute approximate surface area is 173 Å². The van der Waals surface area contributed by atoms with Gasteiger partial charge in [0.25, 0.3) is 5.91 Å². The summed E-state index contributed by atoms with van der Waals surface area (Å²) in [4.78, 5) is 12.1.